The minimum atomic E-state index is -2.50. The van der Waals surface area contributed by atoms with E-state index >= 15 is 0 Å². The fourth-order valence-corrected chi connectivity index (χ4v) is 4.23. The molecule has 0 unspecified atom stereocenters. The zero-order valence-corrected chi connectivity index (χ0v) is 16.8. The number of thiol groups is 1. The SMILES string of the molecule is NCC(Cn1ncn(Cc2ccc(-c3cccc(C[SH](=O)=O)c3)s2)c1=O)=C(F)F. The van der Waals surface area contributed by atoms with Crippen molar-refractivity contribution >= 4 is 22.0 Å². The molecule has 0 aliphatic rings. The molecule has 0 bridgehead atoms. The van der Waals surface area contributed by atoms with E-state index in [1.807, 2.05) is 24.3 Å². The Hall–Kier alpha value is -2.63. The number of rotatable bonds is 8. The molecular formula is C18H18F2N4O3S2. The Bertz CT molecular complexity index is 1170. The molecule has 0 saturated carbocycles. The van der Waals surface area contributed by atoms with Gasteiger partial charge in [-0.05, 0) is 29.3 Å². The third-order valence-corrected chi connectivity index (χ3v) is 5.90. The minimum absolute atomic E-state index is 0.0192. The molecule has 0 aliphatic heterocycles. The Morgan fingerprint density at radius 1 is 1.21 bits per heavy atom. The highest BCUT2D eigenvalue weighted by atomic mass is 32.2. The van der Waals surface area contributed by atoms with Crippen molar-refractivity contribution in [1.82, 2.24) is 14.3 Å². The molecule has 3 rings (SSSR count). The number of benzene rings is 1. The van der Waals surface area contributed by atoms with Crippen molar-refractivity contribution in [2.24, 2.45) is 5.73 Å². The van der Waals surface area contributed by atoms with Gasteiger partial charge in [0, 0.05) is 21.9 Å². The van der Waals surface area contributed by atoms with Gasteiger partial charge in [0.15, 0.2) is 0 Å². The van der Waals surface area contributed by atoms with Gasteiger partial charge < -0.3 is 5.73 Å². The lowest BCUT2D eigenvalue weighted by atomic mass is 10.1. The van der Waals surface area contributed by atoms with Crippen LogP contribution in [0.1, 0.15) is 10.4 Å². The lowest BCUT2D eigenvalue weighted by Crippen LogP contribution is -2.27. The zero-order valence-electron chi connectivity index (χ0n) is 15.1. The van der Waals surface area contributed by atoms with E-state index in [1.54, 1.807) is 12.1 Å². The highest BCUT2D eigenvalue weighted by Crippen LogP contribution is 2.29. The van der Waals surface area contributed by atoms with Crippen molar-refractivity contribution in [2.75, 3.05) is 6.54 Å². The number of hydrogen-bond donors (Lipinski definition) is 2. The summed E-state index contributed by atoms with van der Waals surface area (Å²) < 4.78 is 49.6. The van der Waals surface area contributed by atoms with E-state index in [9.17, 15) is 22.0 Å². The van der Waals surface area contributed by atoms with Gasteiger partial charge in [-0.25, -0.2) is 17.9 Å². The Morgan fingerprint density at radius 3 is 2.69 bits per heavy atom. The molecule has 0 saturated heterocycles. The summed E-state index contributed by atoms with van der Waals surface area (Å²) in [6, 6.07) is 11.0. The summed E-state index contributed by atoms with van der Waals surface area (Å²) in [6.45, 7) is -0.458. The van der Waals surface area contributed by atoms with Gasteiger partial charge >= 0.3 is 5.69 Å². The van der Waals surface area contributed by atoms with Gasteiger partial charge in [-0.2, -0.15) is 13.9 Å². The maximum absolute atomic E-state index is 12.8. The van der Waals surface area contributed by atoms with Crippen molar-refractivity contribution in [1.29, 1.82) is 0 Å². The maximum Gasteiger partial charge on any atom is 0.346 e. The summed E-state index contributed by atoms with van der Waals surface area (Å²) >= 11 is 1.45. The summed E-state index contributed by atoms with van der Waals surface area (Å²) in [5.74, 6) is -0.0192. The van der Waals surface area contributed by atoms with Crippen molar-refractivity contribution in [3.63, 3.8) is 0 Å². The third-order valence-electron chi connectivity index (χ3n) is 4.16. The van der Waals surface area contributed by atoms with Crippen LogP contribution in [0.25, 0.3) is 10.4 Å². The predicted octanol–water partition coefficient (Wildman–Crippen LogP) is 2.04. The molecule has 0 amide bonds. The smallest absolute Gasteiger partial charge is 0.327 e. The first-order chi connectivity index (χ1) is 13.9. The van der Waals surface area contributed by atoms with Gasteiger partial charge in [-0.15, -0.1) is 11.3 Å². The molecule has 0 spiro atoms. The molecule has 0 aliphatic carbocycles. The number of nitrogens with zero attached hydrogens (tertiary/aromatic N) is 3. The number of thiophene rings is 1. The summed E-state index contributed by atoms with van der Waals surface area (Å²) in [6.07, 6.45) is -0.599. The van der Waals surface area contributed by atoms with Gasteiger partial charge in [-0.3, -0.25) is 4.57 Å². The predicted molar refractivity (Wildman–Crippen MR) is 108 cm³/mol. The van der Waals surface area contributed by atoms with Gasteiger partial charge in [-0.1, -0.05) is 18.2 Å². The largest absolute Gasteiger partial charge is 0.346 e. The van der Waals surface area contributed by atoms with Crippen LogP contribution in [0.4, 0.5) is 8.78 Å². The first-order valence-electron chi connectivity index (χ1n) is 8.52. The molecule has 11 heteroatoms. The van der Waals surface area contributed by atoms with E-state index in [2.05, 4.69) is 5.10 Å². The van der Waals surface area contributed by atoms with E-state index < -0.39 is 22.5 Å². The topological polar surface area (TPSA) is 100.0 Å². The maximum atomic E-state index is 12.8. The fraction of sp³-hybridized carbons (Fsp3) is 0.222. The first-order valence-corrected chi connectivity index (χ1v) is 10.7. The van der Waals surface area contributed by atoms with Crippen molar-refractivity contribution in [3.8, 4) is 10.4 Å². The zero-order chi connectivity index (χ0) is 21.0. The molecule has 0 atom stereocenters. The van der Waals surface area contributed by atoms with Crippen LogP contribution in [-0.4, -0.2) is 29.3 Å². The monoisotopic (exact) mass is 440 g/mol. The Morgan fingerprint density at radius 2 is 2.00 bits per heavy atom. The van der Waals surface area contributed by atoms with Gasteiger partial charge in [0.1, 0.15) is 17.0 Å². The van der Waals surface area contributed by atoms with Gasteiger partial charge in [0.2, 0.25) is 0 Å². The molecule has 0 radical (unpaired) electrons. The summed E-state index contributed by atoms with van der Waals surface area (Å²) in [7, 11) is -2.50. The van der Waals surface area contributed by atoms with Crippen LogP contribution >= 0.6 is 11.3 Å². The van der Waals surface area contributed by atoms with Crippen LogP contribution in [0.5, 0.6) is 0 Å². The van der Waals surface area contributed by atoms with Crippen LogP contribution in [0.2, 0.25) is 0 Å². The molecule has 154 valence electrons. The second-order valence-electron chi connectivity index (χ2n) is 6.22. The lowest BCUT2D eigenvalue weighted by Gasteiger charge is -2.02. The van der Waals surface area contributed by atoms with Crippen LogP contribution in [0.15, 0.2) is 59.2 Å². The number of nitrogens with two attached hydrogens (primary N) is 1. The molecule has 2 N–H and O–H groups in total. The van der Waals surface area contributed by atoms with Crippen molar-refractivity contribution < 1.29 is 17.2 Å². The van der Waals surface area contributed by atoms with Crippen LogP contribution < -0.4 is 11.4 Å². The quantitative estimate of drug-likeness (QED) is 0.522. The fourth-order valence-electron chi connectivity index (χ4n) is 2.73. The van der Waals surface area contributed by atoms with E-state index in [0.29, 0.717) is 5.56 Å². The van der Waals surface area contributed by atoms with E-state index in [4.69, 9.17) is 5.73 Å². The second-order valence-corrected chi connectivity index (χ2v) is 8.37. The third kappa shape index (κ3) is 5.25. The molecular weight excluding hydrogens is 422 g/mol. The van der Waals surface area contributed by atoms with Crippen LogP contribution in [0, 0.1) is 0 Å². The van der Waals surface area contributed by atoms with Crippen molar-refractivity contribution in [3.05, 3.63) is 75.3 Å². The molecule has 2 heterocycles. The number of halogens is 2. The first kappa shape index (κ1) is 21.1. The minimum Gasteiger partial charge on any atom is -0.327 e. The molecule has 3 aromatic rings. The highest BCUT2D eigenvalue weighted by molar-refractivity contribution is 7.71. The molecule has 29 heavy (non-hydrogen) atoms. The van der Waals surface area contributed by atoms with Crippen molar-refractivity contribution in [2.45, 2.75) is 18.8 Å². The molecule has 7 nitrogen and oxygen atoms in total. The molecule has 2 aromatic heterocycles. The Balaban J connectivity index is 1.78. The average Bonchev–Trinajstić information content (AvgIpc) is 3.27. The van der Waals surface area contributed by atoms with Gasteiger partial charge in [0.25, 0.3) is 6.08 Å². The summed E-state index contributed by atoms with van der Waals surface area (Å²) in [5, 5.41) is 3.88. The standard InChI is InChI=1S/C18H18F2N4O3S2/c19-17(20)14(7-21)8-24-18(25)23(11-22-24)9-15-4-5-16(28-15)13-3-1-2-12(6-13)10-29(26)27/h1-6,11,29H,7-10,21H2. The number of hydrogen-bond acceptors (Lipinski definition) is 6. The Labute approximate surface area is 170 Å². The number of aromatic nitrogens is 3. The Kier molecular flexibility index (Phi) is 6.72. The van der Waals surface area contributed by atoms with E-state index in [0.717, 1.165) is 20.0 Å². The molecule has 1 aromatic carbocycles. The van der Waals surface area contributed by atoms with E-state index in [-0.39, 0.29) is 31.0 Å². The lowest BCUT2D eigenvalue weighted by molar-refractivity contribution is 0.400. The van der Waals surface area contributed by atoms with Crippen LogP contribution in [0.3, 0.4) is 0 Å². The average molecular weight is 440 g/mol. The van der Waals surface area contributed by atoms with Gasteiger partial charge in [0.05, 0.1) is 18.8 Å². The molecule has 0 fully saturated rings. The normalized spacial score (nSPS) is 11.2. The summed E-state index contributed by atoms with van der Waals surface area (Å²) in [4.78, 5) is 14.2. The summed E-state index contributed by atoms with van der Waals surface area (Å²) in [5.41, 5.74) is 6.02. The highest BCUT2D eigenvalue weighted by Gasteiger charge is 2.12. The van der Waals surface area contributed by atoms with Crippen LogP contribution in [-0.2, 0) is 29.5 Å². The van der Waals surface area contributed by atoms with E-state index in [1.165, 1.54) is 22.2 Å². The second kappa shape index (κ2) is 9.25.